The van der Waals surface area contributed by atoms with Crippen molar-refractivity contribution in [3.63, 3.8) is 0 Å². The zero-order chi connectivity index (χ0) is 21.7. The highest BCUT2D eigenvalue weighted by Gasteiger charge is 2.51. The molecule has 1 saturated heterocycles. The van der Waals surface area contributed by atoms with Gasteiger partial charge < -0.3 is 10.1 Å². The Morgan fingerprint density at radius 1 is 1.09 bits per heavy atom. The molecule has 2 N–H and O–H groups in total. The number of hydrogen-bond donors (Lipinski definition) is 2. The number of hydrogen-bond acceptors (Lipinski definition) is 2. The van der Waals surface area contributed by atoms with Crippen LogP contribution in [0.3, 0.4) is 0 Å². The second-order valence-corrected chi connectivity index (χ2v) is 10.3. The lowest BCUT2D eigenvalue weighted by Gasteiger charge is -2.56. The van der Waals surface area contributed by atoms with Crippen molar-refractivity contribution >= 4 is 17.0 Å². The third kappa shape index (κ3) is 3.17. The van der Waals surface area contributed by atoms with Crippen molar-refractivity contribution in [1.82, 2.24) is 9.88 Å². The molecule has 1 aliphatic carbocycles. The standard InChI is InChI=1S/C29H34N2O/c1-2-13-29-18-22-17-27(32)21(15-20-8-4-3-5-9-20)16-23(22)19-31(29)14-12-25-24-10-6-7-11-26(24)30-28(25)29/h3-11,15,22-23,27,30,32H,2,12-14,16-19H2,1H3/b21-15-/t22-,23-,27-,29-/m0/s1. The van der Waals surface area contributed by atoms with Crippen LogP contribution in [0.2, 0.25) is 0 Å². The van der Waals surface area contributed by atoms with Crippen LogP contribution in [0.1, 0.15) is 55.8 Å². The van der Waals surface area contributed by atoms with Gasteiger partial charge in [-0.05, 0) is 66.7 Å². The maximum absolute atomic E-state index is 11.1. The van der Waals surface area contributed by atoms with E-state index >= 15 is 0 Å². The van der Waals surface area contributed by atoms with Crippen molar-refractivity contribution in [2.45, 2.75) is 57.1 Å². The van der Waals surface area contributed by atoms with E-state index in [-0.39, 0.29) is 11.6 Å². The largest absolute Gasteiger partial charge is 0.389 e. The van der Waals surface area contributed by atoms with Crippen molar-refractivity contribution in [3.8, 4) is 0 Å². The fourth-order valence-corrected chi connectivity index (χ4v) is 7.11. The van der Waals surface area contributed by atoms with Gasteiger partial charge in [0.15, 0.2) is 0 Å². The molecular weight excluding hydrogens is 392 g/mol. The summed E-state index contributed by atoms with van der Waals surface area (Å²) in [5, 5.41) is 12.5. The maximum Gasteiger partial charge on any atom is 0.0756 e. The number of piperidine rings is 1. The quantitative estimate of drug-likeness (QED) is 0.548. The molecule has 4 atom stereocenters. The van der Waals surface area contributed by atoms with Crippen molar-refractivity contribution < 1.29 is 5.11 Å². The number of aliphatic hydroxyl groups is 1. The summed E-state index contributed by atoms with van der Waals surface area (Å²) in [6.45, 7) is 4.63. The van der Waals surface area contributed by atoms with Gasteiger partial charge in [-0.1, -0.05) is 68.0 Å². The number of nitrogens with one attached hydrogen (secondary N) is 1. The van der Waals surface area contributed by atoms with Crippen LogP contribution in [0.4, 0.5) is 0 Å². The zero-order valence-corrected chi connectivity index (χ0v) is 19.1. The second-order valence-electron chi connectivity index (χ2n) is 10.3. The monoisotopic (exact) mass is 426 g/mol. The summed E-state index contributed by atoms with van der Waals surface area (Å²) >= 11 is 0. The highest BCUT2D eigenvalue weighted by molar-refractivity contribution is 5.85. The fourth-order valence-electron chi connectivity index (χ4n) is 7.11. The van der Waals surface area contributed by atoms with Crippen LogP contribution in [0.25, 0.3) is 17.0 Å². The number of H-pyrrole nitrogens is 1. The molecule has 166 valence electrons. The molecule has 3 nitrogen and oxygen atoms in total. The van der Waals surface area contributed by atoms with Gasteiger partial charge in [0.25, 0.3) is 0 Å². The molecule has 3 aliphatic rings. The molecule has 2 aliphatic heterocycles. The first-order valence-electron chi connectivity index (χ1n) is 12.5. The summed E-state index contributed by atoms with van der Waals surface area (Å²) in [6, 6.07) is 19.3. The van der Waals surface area contributed by atoms with Crippen LogP contribution >= 0.6 is 0 Å². The number of aromatic amines is 1. The molecule has 0 radical (unpaired) electrons. The Labute approximate surface area is 191 Å². The summed E-state index contributed by atoms with van der Waals surface area (Å²) in [4.78, 5) is 6.69. The molecule has 2 fully saturated rings. The molecule has 0 amide bonds. The lowest BCUT2D eigenvalue weighted by Crippen LogP contribution is -2.59. The van der Waals surface area contributed by atoms with Crippen LogP contribution in [-0.2, 0) is 12.0 Å². The van der Waals surface area contributed by atoms with Crippen LogP contribution in [0.15, 0.2) is 60.2 Å². The Hall–Kier alpha value is -2.36. The second kappa shape index (κ2) is 7.90. The van der Waals surface area contributed by atoms with E-state index in [1.165, 1.54) is 47.0 Å². The van der Waals surface area contributed by atoms with Crippen molar-refractivity contribution in [1.29, 1.82) is 0 Å². The Balaban J connectivity index is 1.35. The molecule has 3 aromatic rings. The van der Waals surface area contributed by atoms with Crippen molar-refractivity contribution in [3.05, 3.63) is 77.0 Å². The molecule has 6 rings (SSSR count). The average Bonchev–Trinajstić information content (AvgIpc) is 3.19. The first kappa shape index (κ1) is 20.3. The summed E-state index contributed by atoms with van der Waals surface area (Å²) in [5.41, 5.74) is 6.84. The minimum absolute atomic E-state index is 0.100. The Kier molecular flexibility index (Phi) is 5.00. The van der Waals surface area contributed by atoms with Gasteiger partial charge in [0.1, 0.15) is 0 Å². The van der Waals surface area contributed by atoms with Gasteiger partial charge >= 0.3 is 0 Å². The smallest absolute Gasteiger partial charge is 0.0756 e. The van der Waals surface area contributed by atoms with Gasteiger partial charge in [0.2, 0.25) is 0 Å². The molecule has 1 aromatic heterocycles. The third-order valence-electron chi connectivity index (χ3n) is 8.50. The predicted octanol–water partition coefficient (Wildman–Crippen LogP) is 5.90. The summed E-state index contributed by atoms with van der Waals surface area (Å²) in [6.07, 6.45) is 8.53. The van der Waals surface area contributed by atoms with Gasteiger partial charge in [-0.2, -0.15) is 0 Å². The number of benzene rings is 2. The summed E-state index contributed by atoms with van der Waals surface area (Å²) in [7, 11) is 0. The van der Waals surface area contributed by atoms with Gasteiger partial charge in [-0.25, -0.2) is 0 Å². The number of aromatic nitrogens is 1. The predicted molar refractivity (Wildman–Crippen MR) is 131 cm³/mol. The topological polar surface area (TPSA) is 39.3 Å². The zero-order valence-electron chi connectivity index (χ0n) is 19.1. The van der Waals surface area contributed by atoms with E-state index in [2.05, 4.69) is 77.5 Å². The Morgan fingerprint density at radius 3 is 2.75 bits per heavy atom. The summed E-state index contributed by atoms with van der Waals surface area (Å²) < 4.78 is 0. The van der Waals surface area contributed by atoms with Crippen LogP contribution in [0.5, 0.6) is 0 Å². The Morgan fingerprint density at radius 2 is 1.91 bits per heavy atom. The lowest BCUT2D eigenvalue weighted by molar-refractivity contribution is -0.0549. The van der Waals surface area contributed by atoms with E-state index in [4.69, 9.17) is 0 Å². The fraction of sp³-hybridized carbons (Fsp3) is 0.448. The number of nitrogens with zero attached hydrogens (tertiary/aromatic N) is 1. The average molecular weight is 427 g/mol. The van der Waals surface area contributed by atoms with E-state index in [0.717, 1.165) is 32.4 Å². The molecule has 1 saturated carbocycles. The lowest BCUT2D eigenvalue weighted by atomic mass is 9.63. The molecule has 0 unspecified atom stereocenters. The third-order valence-corrected chi connectivity index (χ3v) is 8.50. The SMILES string of the molecule is CCC[C@@]12C[C@@H]3C[C@H](O)/C(=C\c4ccccc4)C[C@H]3CN1CCc1c2[nH]c2ccccc12. The normalized spacial score (nSPS) is 31.3. The molecule has 0 bridgehead atoms. The van der Waals surface area contributed by atoms with E-state index in [9.17, 15) is 5.11 Å². The van der Waals surface area contributed by atoms with Gasteiger partial charge in [-0.3, -0.25) is 4.90 Å². The maximum atomic E-state index is 11.1. The van der Waals surface area contributed by atoms with Crippen LogP contribution < -0.4 is 0 Å². The molecule has 3 heteroatoms. The van der Waals surface area contributed by atoms with Gasteiger partial charge in [-0.15, -0.1) is 0 Å². The number of fused-ring (bicyclic) bond motifs is 6. The molecule has 2 aromatic carbocycles. The highest BCUT2D eigenvalue weighted by Crippen LogP contribution is 2.53. The van der Waals surface area contributed by atoms with E-state index in [0.29, 0.717) is 11.8 Å². The molecule has 0 spiro atoms. The minimum atomic E-state index is -0.313. The Bertz CT molecular complexity index is 1150. The first-order valence-corrected chi connectivity index (χ1v) is 12.5. The van der Waals surface area contributed by atoms with Gasteiger partial charge in [0, 0.05) is 29.7 Å². The van der Waals surface area contributed by atoms with E-state index < -0.39 is 0 Å². The molecule has 32 heavy (non-hydrogen) atoms. The highest BCUT2D eigenvalue weighted by atomic mass is 16.3. The minimum Gasteiger partial charge on any atom is -0.389 e. The number of para-hydroxylation sites is 1. The van der Waals surface area contributed by atoms with Crippen LogP contribution in [-0.4, -0.2) is 34.2 Å². The van der Waals surface area contributed by atoms with E-state index in [1.807, 2.05) is 0 Å². The summed E-state index contributed by atoms with van der Waals surface area (Å²) in [5.74, 6) is 1.22. The van der Waals surface area contributed by atoms with Crippen LogP contribution in [0, 0.1) is 11.8 Å². The van der Waals surface area contributed by atoms with Crippen molar-refractivity contribution in [2.75, 3.05) is 13.1 Å². The number of rotatable bonds is 3. The van der Waals surface area contributed by atoms with E-state index in [1.54, 1.807) is 5.56 Å². The van der Waals surface area contributed by atoms with Gasteiger partial charge in [0.05, 0.1) is 11.6 Å². The molecule has 3 heterocycles. The number of aliphatic hydroxyl groups excluding tert-OH is 1. The van der Waals surface area contributed by atoms with Crippen molar-refractivity contribution in [2.24, 2.45) is 11.8 Å². The first-order chi connectivity index (χ1) is 15.7. The molecular formula is C29H34N2O.